The largest absolute Gasteiger partial charge is 0.473 e. The molecular formula is C25H28N4O5. The van der Waals surface area contributed by atoms with Crippen LogP contribution >= 0.6 is 0 Å². The van der Waals surface area contributed by atoms with Gasteiger partial charge in [-0.3, -0.25) is 9.69 Å². The summed E-state index contributed by atoms with van der Waals surface area (Å²) in [6.07, 6.45) is 3.49. The zero-order valence-corrected chi connectivity index (χ0v) is 18.8. The molecule has 34 heavy (non-hydrogen) atoms. The van der Waals surface area contributed by atoms with Crippen LogP contribution in [0.2, 0.25) is 0 Å². The van der Waals surface area contributed by atoms with Crippen molar-refractivity contribution >= 4 is 40.1 Å². The SMILES string of the molecule is O=C(O)C(=O)O.O=C1CCc2ccccc2N1CCN1CCN(c2ccc3[nH]ccc3c2)CC1. The molecule has 9 nitrogen and oxygen atoms in total. The molecule has 3 aromatic rings. The smallest absolute Gasteiger partial charge is 0.414 e. The number of carbonyl (C=O) groups excluding carboxylic acids is 1. The molecule has 0 saturated carbocycles. The van der Waals surface area contributed by atoms with Crippen molar-refractivity contribution in [2.24, 2.45) is 0 Å². The number of hydrogen-bond donors (Lipinski definition) is 3. The van der Waals surface area contributed by atoms with E-state index in [2.05, 4.69) is 57.2 Å². The van der Waals surface area contributed by atoms with Gasteiger partial charge in [-0.25, -0.2) is 9.59 Å². The number of nitrogens with one attached hydrogen (secondary N) is 1. The van der Waals surface area contributed by atoms with Gasteiger partial charge in [-0.2, -0.15) is 0 Å². The third-order valence-electron chi connectivity index (χ3n) is 6.29. The number of carboxylic acids is 2. The summed E-state index contributed by atoms with van der Waals surface area (Å²) in [5, 5.41) is 16.0. The zero-order valence-electron chi connectivity index (χ0n) is 18.8. The second-order valence-corrected chi connectivity index (χ2v) is 8.36. The van der Waals surface area contributed by atoms with Crippen LogP contribution in [0.25, 0.3) is 10.9 Å². The fraction of sp³-hybridized carbons (Fsp3) is 0.320. The molecule has 0 spiro atoms. The predicted octanol–water partition coefficient (Wildman–Crippen LogP) is 2.42. The van der Waals surface area contributed by atoms with Gasteiger partial charge in [0, 0.05) is 74.2 Å². The Balaban J connectivity index is 0.000000408. The first-order valence-corrected chi connectivity index (χ1v) is 11.3. The molecule has 0 unspecified atom stereocenters. The highest BCUT2D eigenvalue weighted by Gasteiger charge is 2.25. The van der Waals surface area contributed by atoms with Crippen molar-refractivity contribution in [2.75, 3.05) is 49.1 Å². The summed E-state index contributed by atoms with van der Waals surface area (Å²) in [4.78, 5) is 40.8. The number of aliphatic carboxylic acids is 2. The van der Waals surface area contributed by atoms with Crippen LogP contribution < -0.4 is 9.80 Å². The molecule has 0 aliphatic carbocycles. The number of H-pyrrole nitrogens is 1. The quantitative estimate of drug-likeness (QED) is 0.508. The van der Waals surface area contributed by atoms with E-state index in [4.69, 9.17) is 19.8 Å². The van der Waals surface area contributed by atoms with Crippen molar-refractivity contribution in [2.45, 2.75) is 12.8 Å². The van der Waals surface area contributed by atoms with Crippen molar-refractivity contribution in [3.8, 4) is 0 Å². The lowest BCUT2D eigenvalue weighted by Gasteiger charge is -2.37. The summed E-state index contributed by atoms with van der Waals surface area (Å²) in [6, 6.07) is 17.1. The molecule has 3 N–H and O–H groups in total. The lowest BCUT2D eigenvalue weighted by molar-refractivity contribution is -0.159. The Bertz CT molecular complexity index is 1170. The fourth-order valence-corrected chi connectivity index (χ4v) is 4.45. The normalized spacial score (nSPS) is 16.1. The third-order valence-corrected chi connectivity index (χ3v) is 6.29. The van der Waals surface area contributed by atoms with E-state index in [0.717, 1.165) is 51.4 Å². The van der Waals surface area contributed by atoms with Gasteiger partial charge in [-0.05, 0) is 42.3 Å². The Hall–Kier alpha value is -3.85. The van der Waals surface area contributed by atoms with Crippen LogP contribution in [0.3, 0.4) is 0 Å². The lowest BCUT2D eigenvalue weighted by Crippen LogP contribution is -2.49. The van der Waals surface area contributed by atoms with Crippen LogP contribution in [-0.4, -0.2) is 77.2 Å². The number of amides is 1. The number of para-hydroxylation sites is 1. The summed E-state index contributed by atoms with van der Waals surface area (Å²) < 4.78 is 0. The molecule has 1 aromatic heterocycles. The number of piperazine rings is 1. The average Bonchev–Trinajstić information content (AvgIpc) is 3.32. The Morgan fingerprint density at radius 1 is 0.882 bits per heavy atom. The molecule has 1 amide bonds. The molecular weight excluding hydrogens is 436 g/mol. The van der Waals surface area contributed by atoms with E-state index in [-0.39, 0.29) is 5.91 Å². The summed E-state index contributed by atoms with van der Waals surface area (Å²) in [5.41, 5.74) is 4.89. The van der Waals surface area contributed by atoms with E-state index < -0.39 is 11.9 Å². The van der Waals surface area contributed by atoms with Gasteiger partial charge < -0.3 is 25.0 Å². The van der Waals surface area contributed by atoms with Crippen LogP contribution in [0.1, 0.15) is 12.0 Å². The highest BCUT2D eigenvalue weighted by Crippen LogP contribution is 2.27. The van der Waals surface area contributed by atoms with Gasteiger partial charge >= 0.3 is 11.9 Å². The number of anilines is 2. The van der Waals surface area contributed by atoms with Crippen molar-refractivity contribution < 1.29 is 24.6 Å². The monoisotopic (exact) mass is 464 g/mol. The highest BCUT2D eigenvalue weighted by atomic mass is 16.4. The number of aromatic amines is 1. The predicted molar refractivity (Wildman–Crippen MR) is 129 cm³/mol. The van der Waals surface area contributed by atoms with Crippen molar-refractivity contribution in [1.29, 1.82) is 0 Å². The van der Waals surface area contributed by atoms with Gasteiger partial charge in [-0.15, -0.1) is 0 Å². The molecule has 1 fully saturated rings. The maximum absolute atomic E-state index is 12.4. The molecule has 1 saturated heterocycles. The number of hydrogen-bond acceptors (Lipinski definition) is 5. The standard InChI is InChI=1S/C23H26N4O.C2H2O4/c28-23-8-5-18-3-1-2-4-22(18)27(23)16-13-25-11-14-26(15-12-25)20-6-7-21-19(17-20)9-10-24-21;3-1(4)2(5)6/h1-4,6-7,9-10,17,24H,5,8,11-16H2;(H,3,4)(H,5,6). The van der Waals surface area contributed by atoms with Crippen LogP contribution in [0.15, 0.2) is 54.7 Å². The minimum Gasteiger partial charge on any atom is -0.473 e. The van der Waals surface area contributed by atoms with Gasteiger partial charge in [0.1, 0.15) is 0 Å². The fourth-order valence-electron chi connectivity index (χ4n) is 4.45. The molecule has 2 aromatic carbocycles. The third kappa shape index (κ3) is 5.37. The molecule has 0 radical (unpaired) electrons. The molecule has 2 aliphatic rings. The second-order valence-electron chi connectivity index (χ2n) is 8.36. The molecule has 178 valence electrons. The van der Waals surface area contributed by atoms with Crippen LogP contribution in [0.4, 0.5) is 11.4 Å². The summed E-state index contributed by atoms with van der Waals surface area (Å²) in [6.45, 7) is 5.85. The summed E-state index contributed by atoms with van der Waals surface area (Å²) in [5.74, 6) is -3.39. The number of aromatic nitrogens is 1. The number of carbonyl (C=O) groups is 3. The van der Waals surface area contributed by atoms with Gasteiger partial charge in [0.2, 0.25) is 5.91 Å². The molecule has 9 heteroatoms. The van der Waals surface area contributed by atoms with Gasteiger partial charge in [0.15, 0.2) is 0 Å². The molecule has 0 bridgehead atoms. The minimum absolute atomic E-state index is 0.261. The Kier molecular flexibility index (Phi) is 7.12. The van der Waals surface area contributed by atoms with E-state index in [1.165, 1.54) is 22.2 Å². The first-order chi connectivity index (χ1) is 16.4. The Morgan fingerprint density at radius 2 is 1.62 bits per heavy atom. The highest BCUT2D eigenvalue weighted by molar-refractivity contribution is 6.27. The number of benzene rings is 2. The average molecular weight is 465 g/mol. The Morgan fingerprint density at radius 3 is 2.35 bits per heavy atom. The van der Waals surface area contributed by atoms with Crippen LogP contribution in [0.5, 0.6) is 0 Å². The van der Waals surface area contributed by atoms with Gasteiger partial charge in [-0.1, -0.05) is 18.2 Å². The number of carboxylic acid groups (broad SMARTS) is 2. The topological polar surface area (TPSA) is 117 Å². The molecule has 0 atom stereocenters. The van der Waals surface area contributed by atoms with Gasteiger partial charge in [0.05, 0.1) is 0 Å². The van der Waals surface area contributed by atoms with Crippen molar-refractivity contribution in [1.82, 2.24) is 9.88 Å². The minimum atomic E-state index is -1.82. The molecule has 5 rings (SSSR count). The summed E-state index contributed by atoms with van der Waals surface area (Å²) >= 11 is 0. The van der Waals surface area contributed by atoms with E-state index in [0.29, 0.717) is 6.42 Å². The van der Waals surface area contributed by atoms with Crippen LogP contribution in [-0.2, 0) is 20.8 Å². The first-order valence-electron chi connectivity index (χ1n) is 11.3. The van der Waals surface area contributed by atoms with E-state index in [9.17, 15) is 4.79 Å². The maximum atomic E-state index is 12.4. The van der Waals surface area contributed by atoms with Crippen molar-refractivity contribution in [3.63, 3.8) is 0 Å². The van der Waals surface area contributed by atoms with Gasteiger partial charge in [0.25, 0.3) is 0 Å². The van der Waals surface area contributed by atoms with E-state index in [1.807, 2.05) is 17.2 Å². The van der Waals surface area contributed by atoms with E-state index >= 15 is 0 Å². The Labute approximate surface area is 197 Å². The van der Waals surface area contributed by atoms with E-state index in [1.54, 1.807) is 0 Å². The number of fused-ring (bicyclic) bond motifs is 2. The zero-order chi connectivity index (χ0) is 24.1. The second kappa shape index (κ2) is 10.4. The first kappa shape index (κ1) is 23.3. The number of aryl methyl sites for hydroxylation is 1. The molecule has 3 heterocycles. The number of rotatable bonds is 4. The van der Waals surface area contributed by atoms with Crippen LogP contribution in [0, 0.1) is 0 Å². The summed E-state index contributed by atoms with van der Waals surface area (Å²) in [7, 11) is 0. The molecule has 2 aliphatic heterocycles. The maximum Gasteiger partial charge on any atom is 0.414 e. The number of nitrogens with zero attached hydrogens (tertiary/aromatic N) is 3. The van der Waals surface area contributed by atoms with Crippen molar-refractivity contribution in [3.05, 3.63) is 60.3 Å². The lowest BCUT2D eigenvalue weighted by atomic mass is 10.0.